The smallest absolute Gasteiger partial charge is 0.138 e. The third kappa shape index (κ3) is 5.04. The van der Waals surface area contributed by atoms with E-state index in [0.29, 0.717) is 18.8 Å². The summed E-state index contributed by atoms with van der Waals surface area (Å²) in [6.07, 6.45) is 1.75. The number of benzene rings is 2. The molecule has 0 bridgehead atoms. The maximum Gasteiger partial charge on any atom is 0.138 e. The van der Waals surface area contributed by atoms with E-state index in [2.05, 4.69) is 15.0 Å². The van der Waals surface area contributed by atoms with Crippen molar-refractivity contribution < 1.29 is 14.7 Å². The van der Waals surface area contributed by atoms with Crippen LogP contribution in [0.1, 0.15) is 23.6 Å². The number of hydrogen-bond acceptors (Lipinski definition) is 6. The highest BCUT2D eigenvalue weighted by molar-refractivity contribution is 6.02. The first kappa shape index (κ1) is 20.2. The minimum absolute atomic E-state index is 0.516. The molecule has 29 heavy (non-hydrogen) atoms. The summed E-state index contributed by atoms with van der Waals surface area (Å²) >= 11 is 0. The molecule has 0 amide bonds. The van der Waals surface area contributed by atoms with Crippen LogP contribution in [0.5, 0.6) is 11.5 Å². The molecule has 0 atom stereocenters. The van der Waals surface area contributed by atoms with Crippen LogP contribution in [0.3, 0.4) is 0 Å². The second kappa shape index (κ2) is 9.59. The molecule has 0 aliphatic rings. The van der Waals surface area contributed by atoms with Gasteiger partial charge in [-0.1, -0.05) is 29.4 Å². The van der Waals surface area contributed by atoms with Gasteiger partial charge in [0.05, 0.1) is 19.9 Å². The molecule has 0 saturated heterocycles. The van der Waals surface area contributed by atoms with Crippen molar-refractivity contribution in [2.75, 3.05) is 19.1 Å². The predicted molar refractivity (Wildman–Crippen MR) is 114 cm³/mol. The molecule has 3 aromatic rings. The van der Waals surface area contributed by atoms with Crippen molar-refractivity contribution in [3.05, 3.63) is 83.6 Å². The number of ether oxygens (including phenoxy) is 2. The zero-order chi connectivity index (χ0) is 20.6. The molecule has 2 aromatic carbocycles. The number of hydrogen-bond donors (Lipinski definition) is 1. The van der Waals surface area contributed by atoms with Crippen LogP contribution in [0.15, 0.2) is 72.0 Å². The van der Waals surface area contributed by atoms with Crippen LogP contribution in [0.2, 0.25) is 0 Å². The monoisotopic (exact) mass is 391 g/mol. The van der Waals surface area contributed by atoms with Gasteiger partial charge in [0.2, 0.25) is 0 Å². The number of methoxy groups -OCH3 is 2. The molecule has 0 unspecified atom stereocenters. The third-order valence-electron chi connectivity index (χ3n) is 4.69. The van der Waals surface area contributed by atoms with E-state index in [4.69, 9.17) is 9.47 Å². The Morgan fingerprint density at radius 2 is 1.41 bits per heavy atom. The van der Waals surface area contributed by atoms with Crippen molar-refractivity contribution in [2.45, 2.75) is 20.0 Å². The number of oxime groups is 1. The first-order chi connectivity index (χ1) is 14.1. The van der Waals surface area contributed by atoms with Crippen LogP contribution < -0.4 is 14.4 Å². The molecule has 1 heterocycles. The first-order valence-corrected chi connectivity index (χ1v) is 9.29. The summed E-state index contributed by atoms with van der Waals surface area (Å²) in [4.78, 5) is 6.75. The van der Waals surface area contributed by atoms with Gasteiger partial charge in [0.25, 0.3) is 0 Å². The molecule has 0 aliphatic carbocycles. The van der Waals surface area contributed by atoms with Crippen molar-refractivity contribution in [1.29, 1.82) is 0 Å². The SMILES string of the molecule is COc1ccc(CN(Cc2ccc(OC)cc2)c2ncccc2C(C)=NO)cc1. The molecule has 1 N–H and O–H groups in total. The van der Waals surface area contributed by atoms with Gasteiger partial charge in [0, 0.05) is 24.8 Å². The summed E-state index contributed by atoms with van der Waals surface area (Å²) in [7, 11) is 3.31. The van der Waals surface area contributed by atoms with E-state index in [-0.39, 0.29) is 0 Å². The lowest BCUT2D eigenvalue weighted by Crippen LogP contribution is -2.25. The van der Waals surface area contributed by atoms with Gasteiger partial charge in [-0.25, -0.2) is 4.98 Å². The fourth-order valence-electron chi connectivity index (χ4n) is 3.09. The highest BCUT2D eigenvalue weighted by Gasteiger charge is 2.16. The van der Waals surface area contributed by atoms with Crippen molar-refractivity contribution in [3.63, 3.8) is 0 Å². The Morgan fingerprint density at radius 1 is 0.897 bits per heavy atom. The Hall–Kier alpha value is -3.54. The summed E-state index contributed by atoms with van der Waals surface area (Å²) in [5.41, 5.74) is 3.54. The average Bonchev–Trinajstić information content (AvgIpc) is 2.79. The topological polar surface area (TPSA) is 67.2 Å². The summed E-state index contributed by atoms with van der Waals surface area (Å²) in [5, 5.41) is 12.7. The number of pyridine rings is 1. The van der Waals surface area contributed by atoms with Crippen molar-refractivity contribution in [3.8, 4) is 11.5 Å². The number of anilines is 1. The van der Waals surface area contributed by atoms with Crippen molar-refractivity contribution in [2.24, 2.45) is 5.16 Å². The van der Waals surface area contributed by atoms with E-state index in [1.165, 1.54) is 0 Å². The maximum absolute atomic E-state index is 9.30. The van der Waals surface area contributed by atoms with E-state index in [0.717, 1.165) is 34.0 Å². The predicted octanol–water partition coefficient (Wildman–Crippen LogP) is 4.50. The largest absolute Gasteiger partial charge is 0.497 e. The molecule has 6 heteroatoms. The van der Waals surface area contributed by atoms with Crippen LogP contribution in [0.4, 0.5) is 5.82 Å². The molecule has 0 aliphatic heterocycles. The molecular formula is C23H25N3O3. The van der Waals surface area contributed by atoms with E-state index in [1.54, 1.807) is 27.3 Å². The highest BCUT2D eigenvalue weighted by Crippen LogP contribution is 2.24. The first-order valence-electron chi connectivity index (χ1n) is 9.29. The van der Waals surface area contributed by atoms with Crippen molar-refractivity contribution in [1.82, 2.24) is 4.98 Å². The van der Waals surface area contributed by atoms with Gasteiger partial charge in [-0.3, -0.25) is 0 Å². The molecule has 6 nitrogen and oxygen atoms in total. The maximum atomic E-state index is 9.30. The number of rotatable bonds is 8. The fraction of sp³-hybridized carbons (Fsp3) is 0.217. The lowest BCUT2D eigenvalue weighted by atomic mass is 10.1. The van der Waals surface area contributed by atoms with Gasteiger partial charge in [-0.05, 0) is 54.4 Å². The Bertz CT molecular complexity index is 904. The zero-order valence-electron chi connectivity index (χ0n) is 16.9. The van der Waals surface area contributed by atoms with E-state index in [1.807, 2.05) is 60.7 Å². The van der Waals surface area contributed by atoms with Gasteiger partial charge < -0.3 is 19.6 Å². The standard InChI is InChI=1S/C23H25N3O3/c1-17(25-27)22-5-4-14-24-23(22)26(15-18-6-10-20(28-2)11-7-18)16-19-8-12-21(29-3)13-9-19/h4-14,27H,15-16H2,1-3H3. The molecule has 0 saturated carbocycles. The molecule has 1 aromatic heterocycles. The summed E-state index contributed by atoms with van der Waals surface area (Å²) in [6, 6.07) is 19.7. The zero-order valence-corrected chi connectivity index (χ0v) is 16.9. The van der Waals surface area contributed by atoms with E-state index >= 15 is 0 Å². The Labute approximate surface area is 171 Å². The summed E-state index contributed by atoms with van der Waals surface area (Å²) in [6.45, 7) is 3.04. The minimum Gasteiger partial charge on any atom is -0.497 e. The van der Waals surface area contributed by atoms with E-state index < -0.39 is 0 Å². The Morgan fingerprint density at radius 3 is 1.86 bits per heavy atom. The van der Waals surface area contributed by atoms with Gasteiger partial charge in [0.15, 0.2) is 0 Å². The highest BCUT2D eigenvalue weighted by atomic mass is 16.5. The van der Waals surface area contributed by atoms with Crippen LogP contribution in [-0.2, 0) is 13.1 Å². The molecule has 150 valence electrons. The average molecular weight is 391 g/mol. The minimum atomic E-state index is 0.516. The van der Waals surface area contributed by atoms with E-state index in [9.17, 15) is 5.21 Å². The summed E-state index contributed by atoms with van der Waals surface area (Å²) in [5.74, 6) is 2.39. The van der Waals surface area contributed by atoms with Gasteiger partial charge in [0.1, 0.15) is 17.3 Å². The summed E-state index contributed by atoms with van der Waals surface area (Å²) < 4.78 is 10.5. The van der Waals surface area contributed by atoms with Crippen LogP contribution in [-0.4, -0.2) is 30.1 Å². The van der Waals surface area contributed by atoms with Crippen LogP contribution in [0, 0.1) is 0 Å². The second-order valence-electron chi connectivity index (χ2n) is 6.61. The quantitative estimate of drug-likeness (QED) is 0.348. The van der Waals surface area contributed by atoms with Gasteiger partial charge in [-0.15, -0.1) is 0 Å². The Balaban J connectivity index is 1.96. The molecule has 0 fully saturated rings. The van der Waals surface area contributed by atoms with Gasteiger partial charge in [-0.2, -0.15) is 0 Å². The molecule has 0 spiro atoms. The third-order valence-corrected chi connectivity index (χ3v) is 4.69. The fourth-order valence-corrected chi connectivity index (χ4v) is 3.09. The lowest BCUT2D eigenvalue weighted by Gasteiger charge is -2.26. The normalized spacial score (nSPS) is 11.2. The molecule has 3 rings (SSSR count). The second-order valence-corrected chi connectivity index (χ2v) is 6.61. The Kier molecular flexibility index (Phi) is 6.68. The number of nitrogens with zero attached hydrogens (tertiary/aromatic N) is 3. The lowest BCUT2D eigenvalue weighted by molar-refractivity contribution is 0.319. The van der Waals surface area contributed by atoms with Gasteiger partial charge >= 0.3 is 0 Å². The molecular weight excluding hydrogens is 366 g/mol. The number of aromatic nitrogens is 1. The van der Waals surface area contributed by atoms with Crippen LogP contribution >= 0.6 is 0 Å². The molecule has 0 radical (unpaired) electrons. The van der Waals surface area contributed by atoms with Crippen molar-refractivity contribution >= 4 is 11.5 Å². The van der Waals surface area contributed by atoms with Crippen LogP contribution in [0.25, 0.3) is 0 Å².